The van der Waals surface area contributed by atoms with E-state index in [1.54, 1.807) is 17.1 Å². The Labute approximate surface area is 89.3 Å². The second-order valence-electron chi connectivity index (χ2n) is 3.15. The van der Waals surface area contributed by atoms with Gasteiger partial charge in [-0.3, -0.25) is 0 Å². The third-order valence-corrected chi connectivity index (χ3v) is 1.86. The summed E-state index contributed by atoms with van der Waals surface area (Å²) in [4.78, 5) is 11.3. The van der Waals surface area contributed by atoms with Crippen LogP contribution in [0.1, 0.15) is 12.8 Å². The van der Waals surface area contributed by atoms with Gasteiger partial charge < -0.3 is 11.1 Å². The molecule has 2 amide bonds. The summed E-state index contributed by atoms with van der Waals surface area (Å²) in [5.74, 6) is 0. The van der Waals surface area contributed by atoms with Crippen LogP contribution in [0.5, 0.6) is 0 Å². The standard InChI is InChI=1S/C10H16N4O/c11-6-2-3-7-12-10(15)13-14-8-4-1-5-9-14/h1,4-5,8-9H,2-3,6-7,11H2,(H-,12,13,15)/p+1. The van der Waals surface area contributed by atoms with Gasteiger partial charge in [-0.15, -0.1) is 5.43 Å². The van der Waals surface area contributed by atoms with Crippen LogP contribution >= 0.6 is 0 Å². The molecule has 0 bridgehead atoms. The Hall–Kier alpha value is -1.62. The molecular formula is C10H17N4O+. The molecule has 1 aromatic rings. The summed E-state index contributed by atoms with van der Waals surface area (Å²) >= 11 is 0. The van der Waals surface area contributed by atoms with E-state index in [-0.39, 0.29) is 6.03 Å². The average Bonchev–Trinajstić information content (AvgIpc) is 2.26. The van der Waals surface area contributed by atoms with Crippen LogP contribution < -0.4 is 21.2 Å². The normalized spacial score (nSPS) is 9.67. The van der Waals surface area contributed by atoms with Gasteiger partial charge >= 0.3 is 6.03 Å². The van der Waals surface area contributed by atoms with Crippen molar-refractivity contribution in [3.05, 3.63) is 30.6 Å². The first kappa shape index (κ1) is 11.5. The van der Waals surface area contributed by atoms with Crippen molar-refractivity contribution in [2.75, 3.05) is 18.5 Å². The van der Waals surface area contributed by atoms with Crippen molar-refractivity contribution < 1.29 is 9.47 Å². The zero-order chi connectivity index (χ0) is 10.9. The second kappa shape index (κ2) is 6.78. The number of rotatable bonds is 5. The molecule has 5 heteroatoms. The lowest BCUT2D eigenvalue weighted by molar-refractivity contribution is -0.641. The summed E-state index contributed by atoms with van der Waals surface area (Å²) in [7, 11) is 0. The topological polar surface area (TPSA) is 71.0 Å². The van der Waals surface area contributed by atoms with Gasteiger partial charge in [0.1, 0.15) is 0 Å². The minimum atomic E-state index is -0.205. The first-order chi connectivity index (χ1) is 7.33. The molecule has 0 saturated heterocycles. The van der Waals surface area contributed by atoms with Gasteiger partial charge in [0.2, 0.25) is 0 Å². The smallest absolute Gasteiger partial charge is 0.334 e. The predicted molar refractivity (Wildman–Crippen MR) is 57.7 cm³/mol. The van der Waals surface area contributed by atoms with E-state index in [9.17, 15) is 4.79 Å². The fourth-order valence-electron chi connectivity index (χ4n) is 1.10. The molecule has 15 heavy (non-hydrogen) atoms. The van der Waals surface area contributed by atoms with Gasteiger partial charge in [0.15, 0.2) is 12.4 Å². The number of carbonyl (C=O) groups excluding carboxylic acids is 1. The predicted octanol–water partition coefficient (Wildman–Crippen LogP) is -0.0339. The van der Waals surface area contributed by atoms with Crippen molar-refractivity contribution in [1.29, 1.82) is 0 Å². The van der Waals surface area contributed by atoms with E-state index in [1.807, 2.05) is 18.2 Å². The number of nitrogens with zero attached hydrogens (tertiary/aromatic N) is 1. The summed E-state index contributed by atoms with van der Waals surface area (Å²) in [6.45, 7) is 1.31. The van der Waals surface area contributed by atoms with E-state index < -0.39 is 0 Å². The Morgan fingerprint density at radius 2 is 1.93 bits per heavy atom. The fourth-order valence-corrected chi connectivity index (χ4v) is 1.10. The fraction of sp³-hybridized carbons (Fsp3) is 0.400. The van der Waals surface area contributed by atoms with Crippen LogP contribution in [0.15, 0.2) is 30.6 Å². The molecule has 5 nitrogen and oxygen atoms in total. The van der Waals surface area contributed by atoms with Crippen LogP contribution in [0, 0.1) is 0 Å². The molecule has 1 aromatic heterocycles. The highest BCUT2D eigenvalue weighted by Crippen LogP contribution is 1.82. The number of amides is 2. The zero-order valence-electron chi connectivity index (χ0n) is 8.65. The van der Waals surface area contributed by atoms with E-state index in [2.05, 4.69) is 10.7 Å². The molecule has 0 aliphatic rings. The highest BCUT2D eigenvalue weighted by molar-refractivity contribution is 5.79. The minimum absolute atomic E-state index is 0.205. The molecule has 0 atom stereocenters. The zero-order valence-corrected chi connectivity index (χ0v) is 8.65. The van der Waals surface area contributed by atoms with Crippen LogP contribution in [-0.2, 0) is 0 Å². The number of unbranched alkanes of at least 4 members (excludes halogenated alkanes) is 1. The van der Waals surface area contributed by atoms with Crippen LogP contribution in [0.2, 0.25) is 0 Å². The Morgan fingerprint density at radius 3 is 2.60 bits per heavy atom. The highest BCUT2D eigenvalue weighted by atomic mass is 16.2. The Balaban J connectivity index is 2.19. The number of urea groups is 1. The van der Waals surface area contributed by atoms with Gasteiger partial charge in [0.25, 0.3) is 0 Å². The number of nitrogens with one attached hydrogen (secondary N) is 2. The monoisotopic (exact) mass is 209 g/mol. The van der Waals surface area contributed by atoms with E-state index in [0.29, 0.717) is 13.1 Å². The summed E-state index contributed by atoms with van der Waals surface area (Å²) in [5, 5.41) is 2.74. The first-order valence-corrected chi connectivity index (χ1v) is 5.04. The Bertz CT molecular complexity index is 289. The van der Waals surface area contributed by atoms with Crippen LogP contribution in [0.25, 0.3) is 0 Å². The molecule has 0 saturated carbocycles. The lowest BCUT2D eigenvalue weighted by atomic mass is 10.3. The van der Waals surface area contributed by atoms with Gasteiger partial charge in [-0.2, -0.15) is 0 Å². The van der Waals surface area contributed by atoms with Gasteiger partial charge in [0.05, 0.1) is 0 Å². The lowest BCUT2D eigenvalue weighted by Crippen LogP contribution is -2.51. The van der Waals surface area contributed by atoms with E-state index in [0.717, 1.165) is 12.8 Å². The number of nitrogens with two attached hydrogens (primary N) is 1. The van der Waals surface area contributed by atoms with Crippen LogP contribution in [0.4, 0.5) is 4.79 Å². The summed E-state index contributed by atoms with van der Waals surface area (Å²) in [6.07, 6.45) is 5.36. The molecule has 1 rings (SSSR count). The minimum Gasteiger partial charge on any atom is -0.334 e. The summed E-state index contributed by atoms with van der Waals surface area (Å²) in [6, 6.07) is 5.36. The van der Waals surface area contributed by atoms with Crippen molar-refractivity contribution >= 4 is 6.03 Å². The lowest BCUT2D eigenvalue weighted by Gasteiger charge is -2.02. The quantitative estimate of drug-likeness (QED) is 0.470. The molecule has 0 aliphatic carbocycles. The number of hydrogen-bond donors (Lipinski definition) is 3. The molecule has 82 valence electrons. The van der Waals surface area contributed by atoms with Gasteiger partial charge in [-0.05, 0) is 19.4 Å². The summed E-state index contributed by atoms with van der Waals surface area (Å²) in [5.41, 5.74) is 7.99. The highest BCUT2D eigenvalue weighted by Gasteiger charge is 2.04. The van der Waals surface area contributed by atoms with Gasteiger partial charge in [-0.25, -0.2) is 4.79 Å². The molecule has 0 aromatic carbocycles. The number of aromatic nitrogens is 1. The van der Waals surface area contributed by atoms with Crippen molar-refractivity contribution in [3.63, 3.8) is 0 Å². The van der Waals surface area contributed by atoms with Crippen molar-refractivity contribution in [1.82, 2.24) is 5.32 Å². The maximum atomic E-state index is 11.3. The maximum Gasteiger partial charge on any atom is 0.368 e. The second-order valence-corrected chi connectivity index (χ2v) is 3.15. The molecule has 4 N–H and O–H groups in total. The van der Waals surface area contributed by atoms with E-state index >= 15 is 0 Å². The molecule has 0 radical (unpaired) electrons. The average molecular weight is 209 g/mol. The summed E-state index contributed by atoms with van der Waals surface area (Å²) < 4.78 is 1.60. The van der Waals surface area contributed by atoms with Crippen molar-refractivity contribution in [3.8, 4) is 0 Å². The molecule has 0 unspecified atom stereocenters. The molecule has 0 fully saturated rings. The van der Waals surface area contributed by atoms with Gasteiger partial charge in [0, 0.05) is 18.7 Å². The third kappa shape index (κ3) is 4.97. The van der Waals surface area contributed by atoms with E-state index in [4.69, 9.17) is 5.73 Å². The van der Waals surface area contributed by atoms with Crippen molar-refractivity contribution in [2.24, 2.45) is 5.73 Å². The van der Waals surface area contributed by atoms with Crippen LogP contribution in [0.3, 0.4) is 0 Å². The maximum absolute atomic E-state index is 11.3. The molecule has 0 spiro atoms. The van der Waals surface area contributed by atoms with E-state index in [1.165, 1.54) is 0 Å². The first-order valence-electron chi connectivity index (χ1n) is 5.04. The number of pyridine rings is 1. The third-order valence-electron chi connectivity index (χ3n) is 1.86. The van der Waals surface area contributed by atoms with Crippen LogP contribution in [-0.4, -0.2) is 19.1 Å². The largest absolute Gasteiger partial charge is 0.368 e. The Kier molecular flexibility index (Phi) is 5.18. The SMILES string of the molecule is NCCCCNC(=O)N[n+]1ccccc1. The van der Waals surface area contributed by atoms with Crippen molar-refractivity contribution in [2.45, 2.75) is 12.8 Å². The number of hydrogen-bond acceptors (Lipinski definition) is 2. The molecule has 1 heterocycles. The Morgan fingerprint density at radius 1 is 1.20 bits per heavy atom. The number of carbonyl (C=O) groups is 1. The molecule has 0 aliphatic heterocycles. The molecular weight excluding hydrogens is 192 g/mol. The van der Waals surface area contributed by atoms with Gasteiger partial charge in [-0.1, -0.05) is 10.7 Å².